The molecule has 0 bridgehead atoms. The fraction of sp³-hybridized carbons (Fsp3) is 0.533. The number of ether oxygens (including phenoxy) is 1. The Morgan fingerprint density at radius 2 is 2.06 bits per heavy atom. The molecule has 0 spiro atoms. The second kappa shape index (κ2) is 4.58. The Kier molecular flexibility index (Phi) is 3.27. The van der Waals surface area contributed by atoms with Gasteiger partial charge in [-0.1, -0.05) is 13.8 Å². The van der Waals surface area contributed by atoms with E-state index in [0.29, 0.717) is 5.92 Å². The van der Waals surface area contributed by atoms with Crippen LogP contribution in [0.5, 0.6) is 5.75 Å². The van der Waals surface area contributed by atoms with Crippen LogP contribution in [0.2, 0.25) is 0 Å². The monoisotopic (exact) mass is 245 g/mol. The fourth-order valence-electron chi connectivity index (χ4n) is 2.47. The van der Waals surface area contributed by atoms with Crippen molar-refractivity contribution in [2.45, 2.75) is 45.1 Å². The molecule has 0 aromatic heterocycles. The molecular formula is C15H19NO2. The maximum absolute atomic E-state index is 10.6. The smallest absolute Gasteiger partial charge is 0.235 e. The van der Waals surface area contributed by atoms with Gasteiger partial charge in [0.25, 0.3) is 0 Å². The van der Waals surface area contributed by atoms with Crippen molar-refractivity contribution in [3.8, 4) is 5.75 Å². The summed E-state index contributed by atoms with van der Waals surface area (Å²) in [6.07, 6.45) is 3.59. The zero-order valence-corrected chi connectivity index (χ0v) is 11.4. The molecule has 1 saturated carbocycles. The highest BCUT2D eigenvalue weighted by atomic mass is 16.5. The van der Waals surface area contributed by atoms with Crippen molar-refractivity contribution in [1.29, 1.82) is 0 Å². The number of benzene rings is 1. The first-order valence-electron chi connectivity index (χ1n) is 6.32. The molecule has 0 N–H and O–H groups in total. The van der Waals surface area contributed by atoms with E-state index in [-0.39, 0.29) is 5.54 Å². The molecule has 0 amide bonds. The molecule has 18 heavy (non-hydrogen) atoms. The second-order valence-electron chi connectivity index (χ2n) is 5.30. The lowest BCUT2D eigenvalue weighted by atomic mass is 9.92. The molecule has 3 heteroatoms. The van der Waals surface area contributed by atoms with Gasteiger partial charge >= 0.3 is 0 Å². The Morgan fingerprint density at radius 3 is 2.50 bits per heavy atom. The number of rotatable bonds is 4. The molecule has 2 rings (SSSR count). The Morgan fingerprint density at radius 1 is 1.39 bits per heavy atom. The summed E-state index contributed by atoms with van der Waals surface area (Å²) in [4.78, 5) is 14.6. The van der Waals surface area contributed by atoms with Crippen LogP contribution in [0.25, 0.3) is 0 Å². The molecule has 0 atom stereocenters. The summed E-state index contributed by atoms with van der Waals surface area (Å²) < 4.78 is 5.43. The van der Waals surface area contributed by atoms with Crippen LogP contribution >= 0.6 is 0 Å². The summed E-state index contributed by atoms with van der Waals surface area (Å²) in [6.45, 7) is 6.32. The maximum Gasteiger partial charge on any atom is 0.235 e. The predicted molar refractivity (Wildman–Crippen MR) is 70.9 cm³/mol. The van der Waals surface area contributed by atoms with Gasteiger partial charge in [-0.3, -0.25) is 0 Å². The highest BCUT2D eigenvalue weighted by Crippen LogP contribution is 2.51. The highest BCUT2D eigenvalue weighted by Gasteiger charge is 2.46. The summed E-state index contributed by atoms with van der Waals surface area (Å²) in [5, 5.41) is 0. The first-order valence-corrected chi connectivity index (χ1v) is 6.32. The Labute approximate surface area is 108 Å². The van der Waals surface area contributed by atoms with Crippen molar-refractivity contribution >= 4 is 6.08 Å². The Hall–Kier alpha value is -1.60. The first-order chi connectivity index (χ1) is 8.54. The molecule has 1 aromatic carbocycles. The van der Waals surface area contributed by atoms with Crippen LogP contribution in [0.15, 0.2) is 17.1 Å². The number of methoxy groups -OCH3 is 1. The minimum atomic E-state index is -0.304. The predicted octanol–water partition coefficient (Wildman–Crippen LogP) is 3.45. The van der Waals surface area contributed by atoms with E-state index in [9.17, 15) is 4.79 Å². The van der Waals surface area contributed by atoms with Crippen molar-refractivity contribution in [3.63, 3.8) is 0 Å². The van der Waals surface area contributed by atoms with Crippen LogP contribution in [0.1, 0.15) is 49.3 Å². The molecule has 0 radical (unpaired) electrons. The van der Waals surface area contributed by atoms with E-state index in [4.69, 9.17) is 4.74 Å². The molecule has 1 aliphatic carbocycles. The van der Waals surface area contributed by atoms with Crippen molar-refractivity contribution in [2.75, 3.05) is 7.11 Å². The van der Waals surface area contributed by atoms with E-state index in [1.54, 1.807) is 13.2 Å². The van der Waals surface area contributed by atoms with Crippen molar-refractivity contribution in [2.24, 2.45) is 4.99 Å². The van der Waals surface area contributed by atoms with Gasteiger partial charge in [-0.05, 0) is 54.5 Å². The van der Waals surface area contributed by atoms with Crippen molar-refractivity contribution in [3.05, 3.63) is 28.8 Å². The van der Waals surface area contributed by atoms with Gasteiger partial charge < -0.3 is 4.74 Å². The SMILES string of the molecule is COc1cc(C)c(C2(N=C=O)CC2)cc1C(C)C. The van der Waals surface area contributed by atoms with Crippen LogP contribution < -0.4 is 4.74 Å². The number of nitrogens with zero attached hydrogens (tertiary/aromatic N) is 1. The number of hydrogen-bond acceptors (Lipinski definition) is 3. The molecule has 0 heterocycles. The molecule has 0 saturated heterocycles. The lowest BCUT2D eigenvalue weighted by molar-refractivity contribution is 0.406. The number of carbonyl (C=O) groups excluding carboxylic acids is 1. The fourth-order valence-corrected chi connectivity index (χ4v) is 2.47. The number of hydrogen-bond donors (Lipinski definition) is 0. The summed E-state index contributed by atoms with van der Waals surface area (Å²) in [6, 6.07) is 4.19. The van der Waals surface area contributed by atoms with Gasteiger partial charge in [0.2, 0.25) is 6.08 Å². The summed E-state index contributed by atoms with van der Waals surface area (Å²) >= 11 is 0. The summed E-state index contributed by atoms with van der Waals surface area (Å²) in [5.41, 5.74) is 3.15. The Balaban J connectivity index is 2.56. The average Bonchev–Trinajstić information content (AvgIpc) is 3.09. The van der Waals surface area contributed by atoms with Gasteiger partial charge in [0, 0.05) is 0 Å². The maximum atomic E-state index is 10.6. The standard InChI is InChI=1S/C15H19NO2/c1-10(2)12-8-13(11(3)7-14(12)18-4)15(5-6-15)16-9-17/h7-8,10H,5-6H2,1-4H3. The van der Waals surface area contributed by atoms with Crippen molar-refractivity contribution < 1.29 is 9.53 Å². The minimum Gasteiger partial charge on any atom is -0.496 e. The van der Waals surface area contributed by atoms with Crippen LogP contribution in [0.3, 0.4) is 0 Å². The molecule has 1 fully saturated rings. The lowest BCUT2D eigenvalue weighted by Gasteiger charge is -2.18. The summed E-state index contributed by atoms with van der Waals surface area (Å²) in [5.74, 6) is 1.30. The van der Waals surface area contributed by atoms with E-state index < -0.39 is 0 Å². The number of aryl methyl sites for hydroxylation is 1. The second-order valence-corrected chi connectivity index (χ2v) is 5.30. The van der Waals surface area contributed by atoms with Gasteiger partial charge in [0.05, 0.1) is 12.6 Å². The molecule has 0 unspecified atom stereocenters. The van der Waals surface area contributed by atoms with Gasteiger partial charge in [-0.25, -0.2) is 4.79 Å². The zero-order valence-electron chi connectivity index (χ0n) is 11.4. The number of isocyanates is 1. The highest BCUT2D eigenvalue weighted by molar-refractivity contribution is 5.50. The minimum absolute atomic E-state index is 0.304. The quantitative estimate of drug-likeness (QED) is 0.602. The molecular weight excluding hydrogens is 226 g/mol. The molecule has 96 valence electrons. The van der Waals surface area contributed by atoms with Gasteiger partial charge in [-0.2, -0.15) is 4.99 Å². The Bertz CT molecular complexity index is 509. The average molecular weight is 245 g/mol. The van der Waals surface area contributed by atoms with E-state index in [2.05, 4.69) is 24.9 Å². The lowest BCUT2D eigenvalue weighted by Crippen LogP contribution is -2.07. The molecule has 1 aromatic rings. The zero-order chi connectivity index (χ0) is 13.3. The van der Waals surface area contributed by atoms with Gasteiger partial charge in [0.15, 0.2) is 0 Å². The van der Waals surface area contributed by atoms with Crippen molar-refractivity contribution in [1.82, 2.24) is 0 Å². The van der Waals surface area contributed by atoms with Crippen LogP contribution in [0, 0.1) is 6.92 Å². The van der Waals surface area contributed by atoms with E-state index in [1.165, 1.54) is 5.56 Å². The largest absolute Gasteiger partial charge is 0.496 e. The van der Waals surface area contributed by atoms with Gasteiger partial charge in [0.1, 0.15) is 5.75 Å². The third-order valence-corrected chi connectivity index (χ3v) is 3.68. The van der Waals surface area contributed by atoms with Crippen LogP contribution in [-0.2, 0) is 10.3 Å². The molecule has 1 aliphatic rings. The molecule has 3 nitrogen and oxygen atoms in total. The number of aliphatic imine (C=N–C) groups is 1. The topological polar surface area (TPSA) is 38.7 Å². The van der Waals surface area contributed by atoms with Crippen LogP contribution in [-0.4, -0.2) is 13.2 Å². The first kappa shape index (κ1) is 12.8. The third-order valence-electron chi connectivity index (χ3n) is 3.68. The van der Waals surface area contributed by atoms with E-state index in [1.807, 2.05) is 13.0 Å². The van der Waals surface area contributed by atoms with Gasteiger partial charge in [-0.15, -0.1) is 0 Å². The molecule has 0 aliphatic heterocycles. The normalized spacial score (nSPS) is 16.3. The van der Waals surface area contributed by atoms with E-state index in [0.717, 1.165) is 29.7 Å². The third kappa shape index (κ3) is 2.06. The van der Waals surface area contributed by atoms with Crippen LogP contribution in [0.4, 0.5) is 0 Å². The summed E-state index contributed by atoms with van der Waals surface area (Å²) in [7, 11) is 1.69. The van der Waals surface area contributed by atoms with E-state index >= 15 is 0 Å².